The summed E-state index contributed by atoms with van der Waals surface area (Å²) < 4.78 is 26.3. The van der Waals surface area contributed by atoms with Gasteiger partial charge in [-0.2, -0.15) is 4.31 Å². The minimum atomic E-state index is -3.39. The number of rotatable bonds is 7. The van der Waals surface area contributed by atoms with Crippen molar-refractivity contribution < 1.29 is 8.42 Å². The van der Waals surface area contributed by atoms with Gasteiger partial charge >= 0.3 is 0 Å². The SMILES string of the molecule is CCCC(C)N(C)S(=O)(=O)c1ccc(CCN)cc1. The molecular formula is C14H24N2O2S. The van der Waals surface area contributed by atoms with E-state index < -0.39 is 10.0 Å². The van der Waals surface area contributed by atoms with Gasteiger partial charge in [0.2, 0.25) is 10.0 Å². The monoisotopic (exact) mass is 284 g/mol. The molecule has 1 aromatic carbocycles. The van der Waals surface area contributed by atoms with Crippen LogP contribution in [0.3, 0.4) is 0 Å². The summed E-state index contributed by atoms with van der Waals surface area (Å²) in [4.78, 5) is 0.346. The van der Waals surface area contributed by atoms with Crippen LogP contribution in [0.25, 0.3) is 0 Å². The number of benzene rings is 1. The number of nitrogens with zero attached hydrogens (tertiary/aromatic N) is 1. The van der Waals surface area contributed by atoms with Crippen molar-refractivity contribution in [2.75, 3.05) is 13.6 Å². The average Bonchev–Trinajstić information content (AvgIpc) is 2.39. The summed E-state index contributed by atoms with van der Waals surface area (Å²) in [6.07, 6.45) is 2.60. The van der Waals surface area contributed by atoms with E-state index in [0.717, 1.165) is 24.8 Å². The molecule has 0 fully saturated rings. The Morgan fingerprint density at radius 1 is 1.26 bits per heavy atom. The quantitative estimate of drug-likeness (QED) is 0.833. The summed E-state index contributed by atoms with van der Waals surface area (Å²) >= 11 is 0. The summed E-state index contributed by atoms with van der Waals surface area (Å²) in [6, 6.07) is 7.00. The lowest BCUT2D eigenvalue weighted by atomic mass is 10.2. The second-order valence-corrected chi connectivity index (χ2v) is 6.84. The van der Waals surface area contributed by atoms with E-state index in [1.54, 1.807) is 19.2 Å². The molecule has 0 amide bonds. The average molecular weight is 284 g/mol. The van der Waals surface area contributed by atoms with Crippen molar-refractivity contribution in [2.24, 2.45) is 5.73 Å². The van der Waals surface area contributed by atoms with E-state index >= 15 is 0 Å². The third-order valence-electron chi connectivity index (χ3n) is 3.36. The molecule has 1 aromatic rings. The molecule has 0 aliphatic carbocycles. The number of sulfonamides is 1. The van der Waals surface area contributed by atoms with Crippen molar-refractivity contribution in [2.45, 2.75) is 44.0 Å². The first-order valence-corrected chi connectivity index (χ1v) is 8.14. The molecule has 0 aliphatic heterocycles. The first-order chi connectivity index (χ1) is 8.93. The highest BCUT2D eigenvalue weighted by molar-refractivity contribution is 7.89. The molecule has 1 atom stereocenters. The zero-order valence-electron chi connectivity index (χ0n) is 12.0. The standard InChI is InChI=1S/C14H24N2O2S/c1-4-5-12(2)16(3)19(17,18)14-8-6-13(7-9-14)10-11-15/h6-9,12H,4-5,10-11,15H2,1-3H3. The largest absolute Gasteiger partial charge is 0.330 e. The van der Waals surface area contributed by atoms with E-state index in [4.69, 9.17) is 5.73 Å². The number of hydrogen-bond acceptors (Lipinski definition) is 3. The first-order valence-electron chi connectivity index (χ1n) is 6.70. The van der Waals surface area contributed by atoms with Crippen LogP contribution in [-0.4, -0.2) is 32.4 Å². The van der Waals surface area contributed by atoms with Gasteiger partial charge in [-0.05, 0) is 44.0 Å². The highest BCUT2D eigenvalue weighted by Crippen LogP contribution is 2.19. The van der Waals surface area contributed by atoms with Gasteiger partial charge in [0.1, 0.15) is 0 Å². The van der Waals surface area contributed by atoms with Crippen molar-refractivity contribution in [3.8, 4) is 0 Å². The Kier molecular flexibility index (Phi) is 5.97. The zero-order chi connectivity index (χ0) is 14.5. The second-order valence-electron chi connectivity index (χ2n) is 4.84. The van der Waals surface area contributed by atoms with Crippen LogP contribution >= 0.6 is 0 Å². The summed E-state index contributed by atoms with van der Waals surface area (Å²) in [7, 11) is -1.75. The Morgan fingerprint density at radius 3 is 2.32 bits per heavy atom. The first kappa shape index (κ1) is 16.1. The van der Waals surface area contributed by atoms with E-state index in [9.17, 15) is 8.42 Å². The molecule has 0 bridgehead atoms. The molecule has 0 aromatic heterocycles. The Balaban J connectivity index is 2.93. The Bertz CT molecular complexity index is 483. The third kappa shape index (κ3) is 4.03. The van der Waals surface area contributed by atoms with Crippen molar-refractivity contribution in [1.29, 1.82) is 0 Å². The lowest BCUT2D eigenvalue weighted by molar-refractivity contribution is 0.369. The molecule has 0 aliphatic rings. The highest BCUT2D eigenvalue weighted by atomic mass is 32.2. The van der Waals surface area contributed by atoms with Crippen LogP contribution in [-0.2, 0) is 16.4 Å². The van der Waals surface area contributed by atoms with Crippen molar-refractivity contribution >= 4 is 10.0 Å². The van der Waals surface area contributed by atoms with Gasteiger partial charge < -0.3 is 5.73 Å². The summed E-state index contributed by atoms with van der Waals surface area (Å²) in [5.41, 5.74) is 6.54. The Morgan fingerprint density at radius 2 is 1.84 bits per heavy atom. The maximum atomic E-state index is 12.4. The highest BCUT2D eigenvalue weighted by Gasteiger charge is 2.24. The van der Waals surface area contributed by atoms with Gasteiger partial charge in [0.15, 0.2) is 0 Å². The zero-order valence-corrected chi connectivity index (χ0v) is 12.8. The molecule has 19 heavy (non-hydrogen) atoms. The molecular weight excluding hydrogens is 260 g/mol. The van der Waals surface area contributed by atoms with Crippen molar-refractivity contribution in [1.82, 2.24) is 4.31 Å². The Labute approximate surface area is 116 Å². The molecule has 5 heteroatoms. The fourth-order valence-corrected chi connectivity index (χ4v) is 3.39. The fraction of sp³-hybridized carbons (Fsp3) is 0.571. The van der Waals surface area contributed by atoms with E-state index in [0.29, 0.717) is 11.4 Å². The van der Waals surface area contributed by atoms with Crippen LogP contribution in [0.2, 0.25) is 0 Å². The van der Waals surface area contributed by atoms with E-state index in [1.807, 2.05) is 19.1 Å². The maximum Gasteiger partial charge on any atom is 0.243 e. The number of nitrogens with two attached hydrogens (primary N) is 1. The fourth-order valence-electron chi connectivity index (χ4n) is 2.00. The van der Waals surface area contributed by atoms with E-state index in [2.05, 4.69) is 6.92 Å². The lowest BCUT2D eigenvalue weighted by Crippen LogP contribution is -2.34. The van der Waals surface area contributed by atoms with Gasteiger partial charge in [-0.25, -0.2) is 8.42 Å². The minimum Gasteiger partial charge on any atom is -0.330 e. The van der Waals surface area contributed by atoms with E-state index in [1.165, 1.54) is 4.31 Å². The lowest BCUT2D eigenvalue weighted by Gasteiger charge is -2.24. The molecule has 108 valence electrons. The van der Waals surface area contributed by atoms with Gasteiger partial charge in [0.05, 0.1) is 4.90 Å². The van der Waals surface area contributed by atoms with Crippen LogP contribution in [0.5, 0.6) is 0 Å². The van der Waals surface area contributed by atoms with Gasteiger partial charge in [-0.3, -0.25) is 0 Å². The van der Waals surface area contributed by atoms with Crippen LogP contribution in [0.1, 0.15) is 32.3 Å². The molecule has 2 N–H and O–H groups in total. The smallest absolute Gasteiger partial charge is 0.243 e. The minimum absolute atomic E-state index is 0.0127. The van der Waals surface area contributed by atoms with Crippen LogP contribution in [0.4, 0.5) is 0 Å². The van der Waals surface area contributed by atoms with Crippen LogP contribution in [0.15, 0.2) is 29.2 Å². The number of hydrogen-bond donors (Lipinski definition) is 1. The summed E-state index contributed by atoms with van der Waals surface area (Å²) in [5, 5.41) is 0. The molecule has 0 saturated carbocycles. The maximum absolute atomic E-state index is 12.4. The molecule has 0 radical (unpaired) electrons. The van der Waals surface area contributed by atoms with Gasteiger partial charge in [0, 0.05) is 13.1 Å². The summed E-state index contributed by atoms with van der Waals surface area (Å²) in [5.74, 6) is 0. The molecule has 1 rings (SSSR count). The Hall–Kier alpha value is -0.910. The summed E-state index contributed by atoms with van der Waals surface area (Å²) in [6.45, 7) is 4.56. The van der Waals surface area contributed by atoms with Crippen molar-refractivity contribution in [3.05, 3.63) is 29.8 Å². The van der Waals surface area contributed by atoms with Gasteiger partial charge in [0.25, 0.3) is 0 Å². The molecule has 4 nitrogen and oxygen atoms in total. The molecule has 0 saturated heterocycles. The molecule has 0 spiro atoms. The van der Waals surface area contributed by atoms with Crippen LogP contribution in [0, 0.1) is 0 Å². The third-order valence-corrected chi connectivity index (χ3v) is 5.35. The van der Waals surface area contributed by atoms with Gasteiger partial charge in [-0.1, -0.05) is 25.5 Å². The van der Waals surface area contributed by atoms with E-state index in [-0.39, 0.29) is 6.04 Å². The van der Waals surface area contributed by atoms with Gasteiger partial charge in [-0.15, -0.1) is 0 Å². The predicted octanol–water partition coefficient (Wildman–Crippen LogP) is 2.00. The topological polar surface area (TPSA) is 63.4 Å². The van der Waals surface area contributed by atoms with Crippen molar-refractivity contribution in [3.63, 3.8) is 0 Å². The normalized spacial score (nSPS) is 13.7. The predicted molar refractivity (Wildman–Crippen MR) is 78.5 cm³/mol. The molecule has 0 heterocycles. The second kappa shape index (κ2) is 7.03. The molecule has 1 unspecified atom stereocenters. The van der Waals surface area contributed by atoms with Crippen LogP contribution < -0.4 is 5.73 Å².